The number of hydrogen-bond donors (Lipinski definition) is 1. The Balaban J connectivity index is 1.68. The van der Waals surface area contributed by atoms with Crippen molar-refractivity contribution in [3.63, 3.8) is 0 Å². The molecule has 1 amide bonds. The molecule has 1 heterocycles. The van der Waals surface area contributed by atoms with Crippen molar-refractivity contribution < 1.29 is 14.1 Å². The zero-order valence-electron chi connectivity index (χ0n) is 12.0. The Morgan fingerprint density at radius 3 is 2.62 bits per heavy atom. The van der Waals surface area contributed by atoms with Gasteiger partial charge in [0.15, 0.2) is 5.82 Å². The number of carbonyl (C=O) groups excluding carboxylic acids is 1. The van der Waals surface area contributed by atoms with Crippen molar-refractivity contribution in [2.75, 3.05) is 7.11 Å². The molecule has 1 fully saturated rings. The monoisotopic (exact) mass is 287 g/mol. The van der Waals surface area contributed by atoms with E-state index in [1.165, 1.54) is 0 Å². The van der Waals surface area contributed by atoms with Crippen molar-refractivity contribution in [3.8, 4) is 5.75 Å². The number of nitrogens with zero attached hydrogens (tertiary/aromatic N) is 2. The fraction of sp³-hybridized carbons (Fsp3) is 0.400. The Kier molecular flexibility index (Phi) is 3.37. The second kappa shape index (κ2) is 5.20. The minimum Gasteiger partial charge on any atom is -0.497 e. The maximum absolute atomic E-state index is 12.4. The second-order valence-electron chi connectivity index (χ2n) is 5.22. The Morgan fingerprint density at radius 1 is 1.38 bits per heavy atom. The summed E-state index contributed by atoms with van der Waals surface area (Å²) in [5.74, 6) is 1.79. The predicted octanol–water partition coefficient (Wildman–Crippen LogP) is 1.73. The van der Waals surface area contributed by atoms with E-state index in [0.29, 0.717) is 11.7 Å². The maximum atomic E-state index is 12.4. The number of methoxy groups -OCH3 is 1. The average Bonchev–Trinajstić information content (AvgIpc) is 3.22. The Morgan fingerprint density at radius 2 is 2.10 bits per heavy atom. The third-order valence-corrected chi connectivity index (χ3v) is 3.80. The molecule has 0 spiro atoms. The highest BCUT2D eigenvalue weighted by Gasteiger charge is 2.51. The number of benzene rings is 1. The van der Waals surface area contributed by atoms with Crippen LogP contribution in [0.4, 0.5) is 0 Å². The van der Waals surface area contributed by atoms with E-state index in [2.05, 4.69) is 15.5 Å². The molecule has 0 atom stereocenters. The first kappa shape index (κ1) is 13.6. The number of hydrogen-bond acceptors (Lipinski definition) is 5. The molecule has 3 rings (SSSR count). The highest BCUT2D eigenvalue weighted by atomic mass is 16.5. The van der Waals surface area contributed by atoms with E-state index in [9.17, 15) is 4.79 Å². The van der Waals surface area contributed by atoms with E-state index in [1.54, 1.807) is 14.0 Å². The number of amides is 1. The van der Waals surface area contributed by atoms with Crippen LogP contribution in [-0.2, 0) is 16.8 Å². The van der Waals surface area contributed by atoms with Gasteiger partial charge in [0.1, 0.15) is 5.75 Å². The molecule has 21 heavy (non-hydrogen) atoms. The Hall–Kier alpha value is -2.37. The third kappa shape index (κ3) is 2.61. The van der Waals surface area contributed by atoms with Crippen LogP contribution >= 0.6 is 0 Å². The molecule has 1 aromatic carbocycles. The smallest absolute Gasteiger partial charge is 0.231 e. The summed E-state index contributed by atoms with van der Waals surface area (Å²) in [6.07, 6.45) is 1.72. The van der Waals surface area contributed by atoms with Crippen LogP contribution in [0.15, 0.2) is 28.8 Å². The fourth-order valence-corrected chi connectivity index (χ4v) is 2.42. The van der Waals surface area contributed by atoms with Crippen LogP contribution in [0.5, 0.6) is 5.75 Å². The van der Waals surface area contributed by atoms with Gasteiger partial charge in [-0.25, -0.2) is 0 Å². The molecule has 0 bridgehead atoms. The molecule has 6 nitrogen and oxygen atoms in total. The zero-order chi connectivity index (χ0) is 14.9. The van der Waals surface area contributed by atoms with E-state index in [0.717, 1.165) is 24.2 Å². The van der Waals surface area contributed by atoms with Crippen LogP contribution in [0.3, 0.4) is 0 Å². The normalized spacial score (nSPS) is 15.5. The van der Waals surface area contributed by atoms with Gasteiger partial charge in [-0.1, -0.05) is 17.3 Å². The first-order chi connectivity index (χ1) is 10.1. The van der Waals surface area contributed by atoms with Gasteiger partial charge in [-0.3, -0.25) is 4.79 Å². The van der Waals surface area contributed by atoms with Gasteiger partial charge in [0.2, 0.25) is 11.8 Å². The van der Waals surface area contributed by atoms with E-state index in [-0.39, 0.29) is 12.5 Å². The van der Waals surface area contributed by atoms with Crippen LogP contribution in [0.1, 0.15) is 30.1 Å². The summed E-state index contributed by atoms with van der Waals surface area (Å²) in [6, 6.07) is 7.66. The van der Waals surface area contributed by atoms with Crippen LogP contribution in [-0.4, -0.2) is 23.2 Å². The third-order valence-electron chi connectivity index (χ3n) is 3.80. The van der Waals surface area contributed by atoms with Gasteiger partial charge in [0, 0.05) is 6.92 Å². The molecule has 1 aliphatic rings. The fourth-order valence-electron chi connectivity index (χ4n) is 2.42. The topological polar surface area (TPSA) is 77.2 Å². The number of rotatable bonds is 5. The molecule has 6 heteroatoms. The van der Waals surface area contributed by atoms with Crippen molar-refractivity contribution >= 4 is 5.91 Å². The first-order valence-corrected chi connectivity index (χ1v) is 6.86. The van der Waals surface area contributed by atoms with Crippen LogP contribution in [0, 0.1) is 6.92 Å². The molecule has 1 aromatic heterocycles. The van der Waals surface area contributed by atoms with Gasteiger partial charge in [-0.05, 0) is 30.5 Å². The van der Waals surface area contributed by atoms with Gasteiger partial charge in [-0.15, -0.1) is 0 Å². The van der Waals surface area contributed by atoms with Crippen LogP contribution in [0.25, 0.3) is 0 Å². The van der Waals surface area contributed by atoms with Gasteiger partial charge < -0.3 is 14.6 Å². The van der Waals surface area contributed by atoms with Crippen molar-refractivity contribution in [1.82, 2.24) is 15.5 Å². The molecule has 110 valence electrons. The minimum absolute atomic E-state index is 0.00937. The molecular weight excluding hydrogens is 270 g/mol. The van der Waals surface area contributed by atoms with Crippen LogP contribution < -0.4 is 10.1 Å². The SMILES string of the molecule is COc1ccc(C2(C(=O)NCc3noc(C)n3)CC2)cc1. The van der Waals surface area contributed by atoms with Gasteiger partial charge >= 0.3 is 0 Å². The number of ether oxygens (including phenoxy) is 1. The largest absolute Gasteiger partial charge is 0.497 e. The zero-order valence-corrected chi connectivity index (χ0v) is 12.0. The quantitative estimate of drug-likeness (QED) is 0.906. The van der Waals surface area contributed by atoms with E-state index < -0.39 is 5.41 Å². The summed E-state index contributed by atoms with van der Waals surface area (Å²) in [5, 5.41) is 6.66. The molecule has 1 saturated carbocycles. The summed E-state index contributed by atoms with van der Waals surface area (Å²) < 4.78 is 10.0. The summed E-state index contributed by atoms with van der Waals surface area (Å²) in [5.41, 5.74) is 0.607. The lowest BCUT2D eigenvalue weighted by molar-refractivity contribution is -0.123. The lowest BCUT2D eigenvalue weighted by Crippen LogP contribution is -2.34. The first-order valence-electron chi connectivity index (χ1n) is 6.86. The Bertz CT molecular complexity index is 644. The summed E-state index contributed by atoms with van der Waals surface area (Å²) in [6.45, 7) is 2.01. The maximum Gasteiger partial charge on any atom is 0.231 e. The van der Waals surface area contributed by atoms with Gasteiger partial charge in [0.25, 0.3) is 0 Å². The molecule has 0 saturated heterocycles. The van der Waals surface area contributed by atoms with Crippen molar-refractivity contribution in [2.45, 2.75) is 31.7 Å². The molecule has 0 aliphatic heterocycles. The summed E-state index contributed by atoms with van der Waals surface area (Å²) >= 11 is 0. The van der Waals surface area contributed by atoms with Gasteiger partial charge in [0.05, 0.1) is 19.1 Å². The lowest BCUT2D eigenvalue weighted by atomic mass is 9.95. The van der Waals surface area contributed by atoms with E-state index in [4.69, 9.17) is 9.26 Å². The van der Waals surface area contributed by atoms with E-state index in [1.807, 2.05) is 24.3 Å². The van der Waals surface area contributed by atoms with Crippen molar-refractivity contribution in [2.24, 2.45) is 0 Å². The highest BCUT2D eigenvalue weighted by Crippen LogP contribution is 2.48. The number of nitrogens with one attached hydrogen (secondary N) is 1. The standard InChI is InChI=1S/C15H17N3O3/c1-10-17-13(18-21-10)9-16-14(19)15(7-8-15)11-3-5-12(20-2)6-4-11/h3-6H,7-9H2,1-2H3,(H,16,19). The van der Waals surface area contributed by atoms with Crippen LogP contribution in [0.2, 0.25) is 0 Å². The predicted molar refractivity (Wildman–Crippen MR) is 74.8 cm³/mol. The molecule has 0 unspecified atom stereocenters. The molecule has 0 radical (unpaired) electrons. The number of aromatic nitrogens is 2. The summed E-state index contributed by atoms with van der Waals surface area (Å²) in [4.78, 5) is 16.5. The van der Waals surface area contributed by atoms with Crippen molar-refractivity contribution in [3.05, 3.63) is 41.5 Å². The second-order valence-corrected chi connectivity index (χ2v) is 5.22. The van der Waals surface area contributed by atoms with Crippen molar-refractivity contribution in [1.29, 1.82) is 0 Å². The lowest BCUT2D eigenvalue weighted by Gasteiger charge is -2.15. The average molecular weight is 287 g/mol. The number of aryl methyl sites for hydroxylation is 1. The highest BCUT2D eigenvalue weighted by molar-refractivity contribution is 5.91. The summed E-state index contributed by atoms with van der Waals surface area (Å²) in [7, 11) is 1.63. The van der Waals surface area contributed by atoms with Gasteiger partial charge in [-0.2, -0.15) is 4.98 Å². The molecular formula is C15H17N3O3. The molecule has 2 aromatic rings. The van der Waals surface area contributed by atoms with E-state index >= 15 is 0 Å². The molecule has 1 aliphatic carbocycles. The Labute approximate surface area is 122 Å². The molecule has 1 N–H and O–H groups in total. The minimum atomic E-state index is -0.412. The number of carbonyl (C=O) groups is 1.